The monoisotopic (exact) mass is 182 g/mol. The second-order valence-corrected chi connectivity index (χ2v) is 3.89. The van der Waals surface area contributed by atoms with Gasteiger partial charge in [-0.05, 0) is 32.4 Å². The molecule has 1 N–H and O–H groups in total. The molecule has 0 fully saturated rings. The molecule has 1 rings (SSSR count). The van der Waals surface area contributed by atoms with Gasteiger partial charge in [0.2, 0.25) is 0 Å². The summed E-state index contributed by atoms with van der Waals surface area (Å²) in [4.78, 5) is 10.8. The smallest absolute Gasteiger partial charge is 0.309 e. The van der Waals surface area contributed by atoms with Crippen molar-refractivity contribution < 1.29 is 14.3 Å². The third kappa shape index (κ3) is 2.11. The van der Waals surface area contributed by atoms with Crippen LogP contribution in [-0.2, 0) is 11.2 Å². The fourth-order valence-electron chi connectivity index (χ4n) is 1.06. The van der Waals surface area contributed by atoms with Crippen LogP contribution in [0.1, 0.15) is 25.2 Å². The normalized spacial score (nSPS) is 11.6. The predicted molar refractivity (Wildman–Crippen MR) is 48.6 cm³/mol. The van der Waals surface area contributed by atoms with E-state index >= 15 is 0 Å². The van der Waals surface area contributed by atoms with E-state index in [1.54, 1.807) is 20.1 Å². The van der Waals surface area contributed by atoms with Crippen molar-refractivity contribution in [2.24, 2.45) is 5.41 Å². The zero-order valence-corrected chi connectivity index (χ0v) is 8.13. The third-order valence-corrected chi connectivity index (χ3v) is 2.15. The van der Waals surface area contributed by atoms with Crippen LogP contribution in [0, 0.1) is 12.3 Å². The van der Waals surface area contributed by atoms with Crippen molar-refractivity contribution in [2.45, 2.75) is 27.2 Å². The highest BCUT2D eigenvalue weighted by atomic mass is 16.4. The summed E-state index contributed by atoms with van der Waals surface area (Å²) < 4.78 is 5.19. The largest absolute Gasteiger partial charge is 0.481 e. The molecule has 0 atom stereocenters. The summed E-state index contributed by atoms with van der Waals surface area (Å²) in [6.45, 7) is 5.30. The highest BCUT2D eigenvalue weighted by Crippen LogP contribution is 2.24. The summed E-state index contributed by atoms with van der Waals surface area (Å²) in [5.41, 5.74) is 0.247. The molecule has 0 spiro atoms. The van der Waals surface area contributed by atoms with E-state index in [4.69, 9.17) is 9.52 Å². The molecule has 0 radical (unpaired) electrons. The van der Waals surface area contributed by atoms with Crippen molar-refractivity contribution in [1.82, 2.24) is 0 Å². The van der Waals surface area contributed by atoms with Gasteiger partial charge in [-0.3, -0.25) is 4.79 Å². The highest BCUT2D eigenvalue weighted by molar-refractivity contribution is 5.73. The molecule has 0 bridgehead atoms. The van der Waals surface area contributed by atoms with Gasteiger partial charge in [0.25, 0.3) is 0 Å². The fourth-order valence-corrected chi connectivity index (χ4v) is 1.06. The lowest BCUT2D eigenvalue weighted by Gasteiger charge is -2.17. The number of furan rings is 1. The molecule has 0 saturated carbocycles. The molecule has 0 aliphatic heterocycles. The summed E-state index contributed by atoms with van der Waals surface area (Å²) in [5, 5.41) is 8.89. The van der Waals surface area contributed by atoms with Gasteiger partial charge in [-0.15, -0.1) is 0 Å². The Morgan fingerprint density at radius 3 is 2.62 bits per heavy atom. The molecule has 0 unspecified atom stereocenters. The molecular formula is C10H14O3. The summed E-state index contributed by atoms with van der Waals surface area (Å²) >= 11 is 0. The molecule has 0 saturated heterocycles. The molecule has 72 valence electrons. The van der Waals surface area contributed by atoms with Gasteiger partial charge in [0.05, 0.1) is 11.7 Å². The Kier molecular flexibility index (Phi) is 2.45. The second-order valence-electron chi connectivity index (χ2n) is 3.89. The van der Waals surface area contributed by atoms with E-state index in [1.165, 1.54) is 0 Å². The Morgan fingerprint density at radius 1 is 1.62 bits per heavy atom. The second kappa shape index (κ2) is 3.24. The molecule has 3 heteroatoms. The van der Waals surface area contributed by atoms with Crippen molar-refractivity contribution in [3.05, 3.63) is 23.7 Å². The first-order valence-corrected chi connectivity index (χ1v) is 4.20. The summed E-state index contributed by atoms with van der Waals surface area (Å²) in [6.07, 6.45) is 2.02. The maximum Gasteiger partial charge on any atom is 0.309 e. The van der Waals surface area contributed by atoms with Crippen LogP contribution in [0.5, 0.6) is 0 Å². The Balaban J connectivity index is 2.80. The zero-order valence-electron chi connectivity index (χ0n) is 8.13. The average molecular weight is 182 g/mol. The Hall–Kier alpha value is -1.25. The topological polar surface area (TPSA) is 50.4 Å². The summed E-state index contributed by atoms with van der Waals surface area (Å²) in [6, 6.07) is 1.84. The van der Waals surface area contributed by atoms with E-state index in [-0.39, 0.29) is 0 Å². The maximum atomic E-state index is 10.8. The lowest BCUT2D eigenvalue weighted by atomic mass is 9.87. The van der Waals surface area contributed by atoms with E-state index < -0.39 is 11.4 Å². The van der Waals surface area contributed by atoms with Gasteiger partial charge >= 0.3 is 5.97 Å². The molecule has 3 nitrogen and oxygen atoms in total. The van der Waals surface area contributed by atoms with E-state index in [2.05, 4.69) is 0 Å². The van der Waals surface area contributed by atoms with Crippen LogP contribution >= 0.6 is 0 Å². The SMILES string of the molecule is Cc1ccoc1CC(C)(C)C(=O)O. The van der Waals surface area contributed by atoms with Crippen LogP contribution < -0.4 is 0 Å². The first kappa shape index (κ1) is 9.84. The van der Waals surface area contributed by atoms with Crippen LogP contribution in [0.3, 0.4) is 0 Å². The molecule has 0 aliphatic carbocycles. The van der Waals surface area contributed by atoms with Gasteiger partial charge in [-0.2, -0.15) is 0 Å². The Morgan fingerprint density at radius 2 is 2.23 bits per heavy atom. The Bertz CT molecular complexity index is 310. The van der Waals surface area contributed by atoms with Gasteiger partial charge in [0.1, 0.15) is 5.76 Å². The zero-order chi connectivity index (χ0) is 10.1. The minimum Gasteiger partial charge on any atom is -0.481 e. The third-order valence-electron chi connectivity index (χ3n) is 2.15. The number of hydrogen-bond donors (Lipinski definition) is 1. The van der Waals surface area contributed by atoms with Gasteiger partial charge in [-0.25, -0.2) is 0 Å². The molecule has 13 heavy (non-hydrogen) atoms. The average Bonchev–Trinajstić information content (AvgIpc) is 2.35. The van der Waals surface area contributed by atoms with Crippen LogP contribution in [0.15, 0.2) is 16.7 Å². The number of carboxylic acid groups (broad SMARTS) is 1. The van der Waals surface area contributed by atoms with E-state index in [0.29, 0.717) is 6.42 Å². The van der Waals surface area contributed by atoms with Gasteiger partial charge in [0.15, 0.2) is 0 Å². The predicted octanol–water partition coefficient (Wildman–Crippen LogP) is 2.24. The van der Waals surface area contributed by atoms with Crippen molar-refractivity contribution >= 4 is 5.97 Å². The van der Waals surface area contributed by atoms with Crippen molar-refractivity contribution in [2.75, 3.05) is 0 Å². The van der Waals surface area contributed by atoms with Crippen LogP contribution in [0.2, 0.25) is 0 Å². The maximum absolute atomic E-state index is 10.8. The quantitative estimate of drug-likeness (QED) is 0.779. The van der Waals surface area contributed by atoms with Crippen LogP contribution in [0.4, 0.5) is 0 Å². The van der Waals surface area contributed by atoms with Gasteiger partial charge < -0.3 is 9.52 Å². The number of aryl methyl sites for hydroxylation is 1. The van der Waals surface area contributed by atoms with E-state index in [0.717, 1.165) is 11.3 Å². The lowest BCUT2D eigenvalue weighted by Crippen LogP contribution is -2.26. The minimum absolute atomic E-state index is 0.432. The molecule has 1 aromatic rings. The van der Waals surface area contributed by atoms with E-state index in [1.807, 2.05) is 13.0 Å². The molecule has 0 amide bonds. The summed E-state index contributed by atoms with van der Waals surface area (Å²) in [7, 11) is 0. The first-order chi connectivity index (χ1) is 5.93. The van der Waals surface area contributed by atoms with Crippen LogP contribution in [-0.4, -0.2) is 11.1 Å². The van der Waals surface area contributed by atoms with Crippen molar-refractivity contribution in [1.29, 1.82) is 0 Å². The van der Waals surface area contributed by atoms with Crippen molar-refractivity contribution in [3.8, 4) is 0 Å². The number of rotatable bonds is 3. The molecule has 0 aromatic carbocycles. The standard InChI is InChI=1S/C10H14O3/c1-7-4-5-13-8(7)6-10(2,3)9(11)12/h4-5H,6H2,1-3H3,(H,11,12). The van der Waals surface area contributed by atoms with Crippen LogP contribution in [0.25, 0.3) is 0 Å². The van der Waals surface area contributed by atoms with Gasteiger partial charge in [0, 0.05) is 6.42 Å². The molecule has 0 aliphatic rings. The molecule has 1 aromatic heterocycles. The number of hydrogen-bond acceptors (Lipinski definition) is 2. The van der Waals surface area contributed by atoms with Gasteiger partial charge in [-0.1, -0.05) is 0 Å². The minimum atomic E-state index is -0.802. The fraction of sp³-hybridized carbons (Fsp3) is 0.500. The summed E-state index contributed by atoms with van der Waals surface area (Å²) in [5.74, 6) is -0.0456. The number of aliphatic carboxylic acids is 1. The Labute approximate surface area is 77.4 Å². The number of carboxylic acids is 1. The van der Waals surface area contributed by atoms with Crippen molar-refractivity contribution in [3.63, 3.8) is 0 Å². The van der Waals surface area contributed by atoms with E-state index in [9.17, 15) is 4.79 Å². The first-order valence-electron chi connectivity index (χ1n) is 4.20. The number of carbonyl (C=O) groups is 1. The highest BCUT2D eigenvalue weighted by Gasteiger charge is 2.29. The molecular weight excluding hydrogens is 168 g/mol. The lowest BCUT2D eigenvalue weighted by molar-refractivity contribution is -0.147. The molecule has 1 heterocycles.